The fraction of sp³-hybridized carbons (Fsp3) is 0.0909. The van der Waals surface area contributed by atoms with E-state index in [0.29, 0.717) is 40.3 Å². The zero-order valence-corrected chi connectivity index (χ0v) is 16.9. The summed E-state index contributed by atoms with van der Waals surface area (Å²) >= 11 is 1.42. The maximum atomic E-state index is 13.5. The molecule has 0 fully saturated rings. The highest BCUT2D eigenvalue weighted by molar-refractivity contribution is 7.15. The monoisotopic (exact) mass is 434 g/mol. The summed E-state index contributed by atoms with van der Waals surface area (Å²) in [6.45, 7) is 0.316. The van der Waals surface area contributed by atoms with E-state index in [-0.39, 0.29) is 17.0 Å². The number of hydrogen-bond acceptors (Lipinski definition) is 6. The molecule has 31 heavy (non-hydrogen) atoms. The van der Waals surface area contributed by atoms with Gasteiger partial charge >= 0.3 is 0 Å². The van der Waals surface area contributed by atoms with Crippen LogP contribution in [0.3, 0.4) is 0 Å². The molecule has 0 radical (unpaired) electrons. The van der Waals surface area contributed by atoms with E-state index in [1.807, 2.05) is 5.38 Å². The minimum Gasteiger partial charge on any atom is -0.451 e. The number of para-hydroxylation sites is 1. The number of halogens is 1. The SMILES string of the molecule is O=C(NCCc1csc2nc(-c3cccc(F)c3)nn12)c1cc(=O)c2ccccc2o1. The molecule has 0 saturated heterocycles. The average molecular weight is 434 g/mol. The number of fused-ring (bicyclic) bond motifs is 2. The molecule has 2 aromatic carbocycles. The van der Waals surface area contributed by atoms with E-state index in [2.05, 4.69) is 15.4 Å². The smallest absolute Gasteiger partial charge is 0.287 e. The van der Waals surface area contributed by atoms with Crippen LogP contribution in [0.25, 0.3) is 27.3 Å². The van der Waals surface area contributed by atoms with E-state index < -0.39 is 5.91 Å². The van der Waals surface area contributed by atoms with Crippen molar-refractivity contribution in [2.24, 2.45) is 0 Å². The van der Waals surface area contributed by atoms with Crippen LogP contribution in [0.4, 0.5) is 4.39 Å². The summed E-state index contributed by atoms with van der Waals surface area (Å²) in [6, 6.07) is 14.1. The summed E-state index contributed by atoms with van der Waals surface area (Å²) in [7, 11) is 0. The Kier molecular flexibility index (Phi) is 4.79. The van der Waals surface area contributed by atoms with Crippen molar-refractivity contribution in [3.8, 4) is 11.4 Å². The van der Waals surface area contributed by atoms with Crippen LogP contribution in [0.2, 0.25) is 0 Å². The number of thiazole rings is 1. The van der Waals surface area contributed by atoms with E-state index in [4.69, 9.17) is 4.42 Å². The number of amides is 1. The Bertz CT molecular complexity index is 1490. The minimum atomic E-state index is -0.464. The summed E-state index contributed by atoms with van der Waals surface area (Å²) in [6.07, 6.45) is 0.496. The van der Waals surface area contributed by atoms with Crippen LogP contribution in [0.15, 0.2) is 69.2 Å². The second-order valence-electron chi connectivity index (χ2n) is 6.84. The molecule has 1 N–H and O–H groups in total. The summed E-state index contributed by atoms with van der Waals surface area (Å²) in [4.78, 5) is 29.7. The summed E-state index contributed by atoms with van der Waals surface area (Å²) in [5, 5.41) is 9.56. The second kappa shape index (κ2) is 7.77. The van der Waals surface area contributed by atoms with Gasteiger partial charge in [0.05, 0.1) is 11.1 Å². The summed E-state index contributed by atoms with van der Waals surface area (Å²) in [5.41, 5.74) is 1.56. The van der Waals surface area contributed by atoms with Crippen molar-refractivity contribution in [3.63, 3.8) is 0 Å². The topological polar surface area (TPSA) is 89.5 Å². The van der Waals surface area contributed by atoms with Crippen LogP contribution in [0.1, 0.15) is 16.2 Å². The predicted molar refractivity (Wildman–Crippen MR) is 115 cm³/mol. The normalized spacial score (nSPS) is 11.3. The van der Waals surface area contributed by atoms with Gasteiger partial charge in [-0.05, 0) is 24.3 Å². The molecule has 0 unspecified atom stereocenters. The van der Waals surface area contributed by atoms with Gasteiger partial charge in [-0.2, -0.15) is 4.98 Å². The minimum absolute atomic E-state index is 0.0340. The van der Waals surface area contributed by atoms with Gasteiger partial charge in [-0.15, -0.1) is 16.4 Å². The Labute approximate surface area is 178 Å². The van der Waals surface area contributed by atoms with Crippen LogP contribution in [0, 0.1) is 5.82 Å². The number of nitrogens with zero attached hydrogens (tertiary/aromatic N) is 3. The highest BCUT2D eigenvalue weighted by Gasteiger charge is 2.14. The number of rotatable bonds is 5. The maximum Gasteiger partial charge on any atom is 0.287 e. The van der Waals surface area contributed by atoms with Crippen LogP contribution >= 0.6 is 11.3 Å². The molecular weight excluding hydrogens is 419 g/mol. The van der Waals surface area contributed by atoms with E-state index in [0.717, 1.165) is 5.69 Å². The van der Waals surface area contributed by atoms with Crippen LogP contribution in [-0.4, -0.2) is 27.0 Å². The van der Waals surface area contributed by atoms with Crippen molar-refractivity contribution in [1.29, 1.82) is 0 Å². The van der Waals surface area contributed by atoms with Gasteiger partial charge in [0, 0.05) is 30.0 Å². The van der Waals surface area contributed by atoms with Crippen LogP contribution < -0.4 is 10.7 Å². The molecule has 154 valence electrons. The lowest BCUT2D eigenvalue weighted by molar-refractivity contribution is 0.0927. The Morgan fingerprint density at radius 3 is 2.90 bits per heavy atom. The average Bonchev–Trinajstić information content (AvgIpc) is 3.35. The molecule has 9 heteroatoms. The van der Waals surface area contributed by atoms with E-state index >= 15 is 0 Å². The van der Waals surface area contributed by atoms with Gasteiger partial charge in [-0.3, -0.25) is 9.59 Å². The lowest BCUT2D eigenvalue weighted by Gasteiger charge is -2.05. The first-order valence-electron chi connectivity index (χ1n) is 9.49. The Hall–Kier alpha value is -3.85. The third-order valence-electron chi connectivity index (χ3n) is 4.76. The maximum absolute atomic E-state index is 13.5. The zero-order chi connectivity index (χ0) is 21.4. The van der Waals surface area contributed by atoms with Gasteiger partial charge in [0.15, 0.2) is 17.0 Å². The molecule has 5 rings (SSSR count). The van der Waals surface area contributed by atoms with E-state index in [1.165, 1.54) is 29.5 Å². The van der Waals surface area contributed by atoms with Crippen molar-refractivity contribution >= 4 is 33.2 Å². The molecule has 0 bridgehead atoms. The van der Waals surface area contributed by atoms with Gasteiger partial charge < -0.3 is 9.73 Å². The third-order valence-corrected chi connectivity index (χ3v) is 5.62. The molecule has 7 nitrogen and oxygen atoms in total. The largest absolute Gasteiger partial charge is 0.451 e. The molecule has 0 aliphatic rings. The van der Waals surface area contributed by atoms with Crippen LogP contribution in [-0.2, 0) is 6.42 Å². The van der Waals surface area contributed by atoms with Gasteiger partial charge in [0.25, 0.3) is 5.91 Å². The molecule has 0 saturated carbocycles. The van der Waals surface area contributed by atoms with E-state index in [1.54, 1.807) is 40.9 Å². The Morgan fingerprint density at radius 1 is 1.16 bits per heavy atom. The number of carbonyl (C=O) groups is 1. The van der Waals surface area contributed by atoms with Gasteiger partial charge in [-0.25, -0.2) is 8.91 Å². The van der Waals surface area contributed by atoms with Crippen molar-refractivity contribution < 1.29 is 13.6 Å². The third kappa shape index (κ3) is 3.71. The van der Waals surface area contributed by atoms with Crippen molar-refractivity contribution in [2.45, 2.75) is 6.42 Å². The lowest BCUT2D eigenvalue weighted by Crippen LogP contribution is -2.26. The summed E-state index contributed by atoms with van der Waals surface area (Å²) < 4.78 is 20.7. The van der Waals surface area contributed by atoms with Gasteiger partial charge in [-0.1, -0.05) is 24.3 Å². The zero-order valence-electron chi connectivity index (χ0n) is 16.0. The standard InChI is InChI=1S/C22H15FN4O3S/c23-14-5-3-4-13(10-14)20-25-22-27(26-20)15(12-31-22)8-9-24-21(29)19-11-17(28)16-6-1-2-7-18(16)30-19/h1-7,10-12H,8-9H2,(H,24,29). The number of carbonyl (C=O) groups excluding carboxylic acids is 1. The quantitative estimate of drug-likeness (QED) is 0.456. The van der Waals surface area contributed by atoms with Gasteiger partial charge in [0.1, 0.15) is 11.4 Å². The molecule has 1 amide bonds. The summed E-state index contributed by atoms with van der Waals surface area (Å²) in [5.74, 6) is -0.407. The lowest BCUT2D eigenvalue weighted by atomic mass is 10.2. The Balaban J connectivity index is 1.30. The molecule has 0 aliphatic carbocycles. The molecular formula is C22H15FN4O3S. The van der Waals surface area contributed by atoms with Crippen LogP contribution in [0.5, 0.6) is 0 Å². The number of hydrogen-bond donors (Lipinski definition) is 1. The number of nitrogens with one attached hydrogen (secondary N) is 1. The van der Waals surface area contributed by atoms with Crippen molar-refractivity contribution in [2.75, 3.05) is 6.54 Å². The first-order valence-corrected chi connectivity index (χ1v) is 10.4. The number of benzene rings is 2. The molecule has 0 aliphatic heterocycles. The predicted octanol–water partition coefficient (Wildman–Crippen LogP) is 3.68. The molecule has 3 heterocycles. The fourth-order valence-corrected chi connectivity index (χ4v) is 4.11. The second-order valence-corrected chi connectivity index (χ2v) is 7.68. The molecule has 0 spiro atoms. The highest BCUT2D eigenvalue weighted by Crippen LogP contribution is 2.21. The highest BCUT2D eigenvalue weighted by atomic mass is 32.1. The molecule has 5 aromatic rings. The number of aromatic nitrogens is 3. The van der Waals surface area contributed by atoms with Gasteiger partial charge in [0.2, 0.25) is 4.96 Å². The van der Waals surface area contributed by atoms with Crippen molar-refractivity contribution in [1.82, 2.24) is 19.9 Å². The first-order chi connectivity index (χ1) is 15.1. The van der Waals surface area contributed by atoms with E-state index in [9.17, 15) is 14.0 Å². The van der Waals surface area contributed by atoms with Crippen molar-refractivity contribution in [3.05, 3.63) is 87.5 Å². The molecule has 3 aromatic heterocycles. The molecule has 0 atom stereocenters. The Morgan fingerprint density at radius 2 is 2.03 bits per heavy atom. The first kappa shape index (κ1) is 19.1. The fourth-order valence-electron chi connectivity index (χ4n) is 3.25.